The normalized spacial score (nSPS) is 19.4. The summed E-state index contributed by atoms with van der Waals surface area (Å²) in [7, 11) is 3.12. The van der Waals surface area contributed by atoms with Gasteiger partial charge in [-0.2, -0.15) is 0 Å². The van der Waals surface area contributed by atoms with Gasteiger partial charge in [0.1, 0.15) is 11.5 Å². The van der Waals surface area contributed by atoms with Crippen LogP contribution in [0.25, 0.3) is 0 Å². The van der Waals surface area contributed by atoms with Gasteiger partial charge in [-0.15, -0.1) is 12.4 Å². The Balaban J connectivity index is 0.00000261. The maximum Gasteiger partial charge on any atom is 0.257 e. The van der Waals surface area contributed by atoms with Gasteiger partial charge in [0, 0.05) is 44.7 Å². The Morgan fingerprint density at radius 3 is 2.41 bits per heavy atom. The van der Waals surface area contributed by atoms with Crippen molar-refractivity contribution in [3.8, 4) is 11.5 Å². The fourth-order valence-electron chi connectivity index (χ4n) is 3.58. The van der Waals surface area contributed by atoms with Gasteiger partial charge in [0.25, 0.3) is 5.91 Å². The van der Waals surface area contributed by atoms with Crippen molar-refractivity contribution in [2.45, 2.75) is 25.3 Å². The van der Waals surface area contributed by atoms with Gasteiger partial charge in [-0.25, -0.2) is 0 Å². The molecule has 2 aliphatic heterocycles. The summed E-state index contributed by atoms with van der Waals surface area (Å²) in [6, 6.07) is 5.50. The molecule has 1 aromatic carbocycles. The summed E-state index contributed by atoms with van der Waals surface area (Å²) < 4.78 is 10.5. The average Bonchev–Trinajstić information content (AvgIpc) is 3.20. The Morgan fingerprint density at radius 1 is 1.11 bits per heavy atom. The van der Waals surface area contributed by atoms with Crippen molar-refractivity contribution in [2.24, 2.45) is 0 Å². The third-order valence-corrected chi connectivity index (χ3v) is 5.14. The molecule has 0 aromatic heterocycles. The molecule has 2 heterocycles. The average molecular weight is 398 g/mol. The number of benzene rings is 1. The molecule has 1 unspecified atom stereocenters. The molecule has 1 N–H and O–H groups in total. The van der Waals surface area contributed by atoms with E-state index in [0.717, 1.165) is 19.4 Å². The number of piperazine rings is 1. The molecule has 2 saturated heterocycles. The molecule has 2 aliphatic rings. The van der Waals surface area contributed by atoms with E-state index in [1.807, 2.05) is 4.90 Å². The predicted octanol–water partition coefficient (Wildman–Crippen LogP) is 1.55. The highest BCUT2D eigenvalue weighted by atomic mass is 35.5. The lowest BCUT2D eigenvalue weighted by molar-refractivity contribution is -0.133. The van der Waals surface area contributed by atoms with Crippen molar-refractivity contribution in [2.75, 3.05) is 46.9 Å². The largest absolute Gasteiger partial charge is 0.497 e. The molecule has 0 saturated carbocycles. The molecule has 8 heteroatoms. The van der Waals surface area contributed by atoms with Gasteiger partial charge in [-0.05, 0) is 31.5 Å². The van der Waals surface area contributed by atoms with Crippen LogP contribution in [0.2, 0.25) is 0 Å². The molecular formula is C19H28ClN3O4. The maximum atomic E-state index is 12.8. The molecule has 1 aromatic rings. The number of nitrogens with zero attached hydrogens (tertiary/aromatic N) is 2. The first kappa shape index (κ1) is 21.3. The molecule has 1 atom stereocenters. The molecule has 0 bridgehead atoms. The Labute approximate surface area is 166 Å². The van der Waals surface area contributed by atoms with E-state index in [4.69, 9.17) is 9.47 Å². The molecule has 2 amide bonds. The van der Waals surface area contributed by atoms with Crippen LogP contribution in [0.1, 0.15) is 29.6 Å². The second kappa shape index (κ2) is 9.80. The lowest BCUT2D eigenvalue weighted by Crippen LogP contribution is -2.51. The van der Waals surface area contributed by atoms with Gasteiger partial charge in [0.05, 0.1) is 19.8 Å². The number of ether oxygens (including phenoxy) is 2. The van der Waals surface area contributed by atoms with Gasteiger partial charge in [0.15, 0.2) is 0 Å². The fourth-order valence-corrected chi connectivity index (χ4v) is 3.58. The molecule has 0 spiro atoms. The number of hydrogen-bond donors (Lipinski definition) is 1. The van der Waals surface area contributed by atoms with E-state index in [0.29, 0.717) is 55.7 Å². The van der Waals surface area contributed by atoms with E-state index in [9.17, 15) is 9.59 Å². The third kappa shape index (κ3) is 5.05. The third-order valence-electron chi connectivity index (χ3n) is 5.14. The van der Waals surface area contributed by atoms with Gasteiger partial charge in [-0.3, -0.25) is 9.59 Å². The first-order chi connectivity index (χ1) is 12.6. The monoisotopic (exact) mass is 397 g/mol. The van der Waals surface area contributed by atoms with E-state index in [2.05, 4.69) is 5.32 Å². The molecule has 27 heavy (non-hydrogen) atoms. The predicted molar refractivity (Wildman–Crippen MR) is 105 cm³/mol. The summed E-state index contributed by atoms with van der Waals surface area (Å²) >= 11 is 0. The van der Waals surface area contributed by atoms with Crippen LogP contribution in [-0.2, 0) is 4.79 Å². The number of methoxy groups -OCH3 is 2. The SMILES string of the molecule is COc1ccc(C(=O)N2CCN(C(=O)CC3CCCN3)CC2)c(OC)c1.Cl. The molecule has 3 rings (SSSR count). The van der Waals surface area contributed by atoms with Crippen molar-refractivity contribution in [1.29, 1.82) is 0 Å². The van der Waals surface area contributed by atoms with Gasteiger partial charge in [0.2, 0.25) is 5.91 Å². The van der Waals surface area contributed by atoms with Crippen molar-refractivity contribution in [3.63, 3.8) is 0 Å². The van der Waals surface area contributed by atoms with Crippen LogP contribution >= 0.6 is 12.4 Å². The van der Waals surface area contributed by atoms with Gasteiger partial charge in [-0.1, -0.05) is 0 Å². The molecule has 0 radical (unpaired) electrons. The van der Waals surface area contributed by atoms with Crippen LogP contribution in [0.5, 0.6) is 11.5 Å². The minimum Gasteiger partial charge on any atom is -0.497 e. The zero-order chi connectivity index (χ0) is 18.5. The van der Waals surface area contributed by atoms with Crippen molar-refractivity contribution in [3.05, 3.63) is 23.8 Å². The van der Waals surface area contributed by atoms with E-state index >= 15 is 0 Å². The van der Waals surface area contributed by atoms with E-state index in [1.165, 1.54) is 0 Å². The molecular weight excluding hydrogens is 370 g/mol. The fraction of sp³-hybridized carbons (Fsp3) is 0.579. The number of halogens is 1. The van der Waals surface area contributed by atoms with Crippen LogP contribution in [0.3, 0.4) is 0 Å². The number of carbonyl (C=O) groups excluding carboxylic acids is 2. The Kier molecular flexibility index (Phi) is 7.74. The smallest absolute Gasteiger partial charge is 0.257 e. The summed E-state index contributed by atoms with van der Waals surface area (Å²) in [5.74, 6) is 1.25. The zero-order valence-corrected chi connectivity index (χ0v) is 16.7. The number of hydrogen-bond acceptors (Lipinski definition) is 5. The lowest BCUT2D eigenvalue weighted by Gasteiger charge is -2.35. The zero-order valence-electron chi connectivity index (χ0n) is 15.9. The van der Waals surface area contributed by atoms with Crippen LogP contribution < -0.4 is 14.8 Å². The molecule has 2 fully saturated rings. The van der Waals surface area contributed by atoms with Crippen LogP contribution in [-0.4, -0.2) is 74.6 Å². The van der Waals surface area contributed by atoms with Crippen molar-refractivity contribution < 1.29 is 19.1 Å². The molecule has 7 nitrogen and oxygen atoms in total. The highest BCUT2D eigenvalue weighted by molar-refractivity contribution is 5.97. The summed E-state index contributed by atoms with van der Waals surface area (Å²) in [5.41, 5.74) is 0.517. The van der Waals surface area contributed by atoms with Gasteiger partial charge >= 0.3 is 0 Å². The number of rotatable bonds is 5. The second-order valence-corrected chi connectivity index (χ2v) is 6.74. The molecule has 0 aliphatic carbocycles. The standard InChI is InChI=1S/C19H27N3O4.ClH/c1-25-15-5-6-16(17(13-15)26-2)19(24)22-10-8-21(9-11-22)18(23)12-14-4-3-7-20-14;/h5-6,13-14,20H,3-4,7-12H2,1-2H3;1H. The Morgan fingerprint density at radius 2 is 1.81 bits per heavy atom. The van der Waals surface area contributed by atoms with Gasteiger partial charge < -0.3 is 24.6 Å². The quantitative estimate of drug-likeness (QED) is 0.816. The van der Waals surface area contributed by atoms with Crippen molar-refractivity contribution >= 4 is 24.2 Å². The van der Waals surface area contributed by atoms with Crippen molar-refractivity contribution in [1.82, 2.24) is 15.1 Å². The first-order valence-electron chi connectivity index (χ1n) is 9.15. The second-order valence-electron chi connectivity index (χ2n) is 6.74. The number of amides is 2. The summed E-state index contributed by atoms with van der Waals surface area (Å²) in [6.07, 6.45) is 2.77. The summed E-state index contributed by atoms with van der Waals surface area (Å²) in [5, 5.41) is 3.36. The minimum atomic E-state index is -0.0749. The van der Waals surface area contributed by atoms with E-state index < -0.39 is 0 Å². The number of carbonyl (C=O) groups is 2. The van der Waals surface area contributed by atoms with Crippen LogP contribution in [0, 0.1) is 0 Å². The van der Waals surface area contributed by atoms with Crippen LogP contribution in [0.4, 0.5) is 0 Å². The summed E-state index contributed by atoms with van der Waals surface area (Å²) in [4.78, 5) is 28.9. The summed E-state index contributed by atoms with van der Waals surface area (Å²) in [6.45, 7) is 3.24. The molecule has 150 valence electrons. The van der Waals surface area contributed by atoms with E-state index in [1.54, 1.807) is 37.3 Å². The topological polar surface area (TPSA) is 71.1 Å². The Hall–Kier alpha value is -1.99. The lowest BCUT2D eigenvalue weighted by atomic mass is 10.1. The first-order valence-corrected chi connectivity index (χ1v) is 9.15. The number of nitrogens with one attached hydrogen (secondary N) is 1. The highest BCUT2D eigenvalue weighted by Crippen LogP contribution is 2.26. The Bertz CT molecular complexity index is 656. The maximum absolute atomic E-state index is 12.8. The van der Waals surface area contributed by atoms with Crippen LogP contribution in [0.15, 0.2) is 18.2 Å². The van der Waals surface area contributed by atoms with E-state index in [-0.39, 0.29) is 24.2 Å². The highest BCUT2D eigenvalue weighted by Gasteiger charge is 2.28. The minimum absolute atomic E-state index is 0.